The normalized spacial score (nSPS) is 18.2. The van der Waals surface area contributed by atoms with E-state index < -0.39 is 17.8 Å². The van der Waals surface area contributed by atoms with Gasteiger partial charge in [0.15, 0.2) is 0 Å². The molecule has 0 spiro atoms. The highest BCUT2D eigenvalue weighted by Crippen LogP contribution is 2.16. The Bertz CT molecular complexity index is 162. The molecule has 0 aromatic carbocycles. The third-order valence-electron chi connectivity index (χ3n) is 2.11. The molecular weight excluding hydrogens is 216 g/mol. The van der Waals surface area contributed by atoms with E-state index in [1.54, 1.807) is 14.2 Å². The van der Waals surface area contributed by atoms with Gasteiger partial charge in [-0.3, -0.25) is 0 Å². The van der Waals surface area contributed by atoms with Gasteiger partial charge in [0.2, 0.25) is 0 Å². The second-order valence-electron chi connectivity index (χ2n) is 3.46. The van der Waals surface area contributed by atoms with Gasteiger partial charge in [-0.25, -0.2) is 0 Å². The van der Waals surface area contributed by atoms with E-state index in [1.165, 1.54) is 0 Å². The minimum absolute atomic E-state index is 0.292. The van der Waals surface area contributed by atoms with E-state index in [2.05, 4.69) is 0 Å². The van der Waals surface area contributed by atoms with E-state index in [1.807, 2.05) is 13.1 Å². The molecule has 0 saturated carbocycles. The molecule has 0 fully saturated rings. The Morgan fingerprint density at radius 3 is 2.29 bits per heavy atom. The molecule has 0 bridgehead atoms. The Morgan fingerprint density at radius 2 is 1.93 bits per heavy atom. The first-order valence-electron chi connectivity index (χ1n) is 4.70. The van der Waals surface area contributed by atoms with Crippen LogP contribution in [0, 0.1) is 0 Å². The smallest absolute Gasteiger partial charge is 0.325 e. The maximum atomic E-state index is 5.81. The van der Waals surface area contributed by atoms with Crippen LogP contribution in [0.5, 0.6) is 0 Å². The van der Waals surface area contributed by atoms with Crippen molar-refractivity contribution in [2.24, 2.45) is 11.5 Å². The maximum absolute atomic E-state index is 5.81. The van der Waals surface area contributed by atoms with E-state index in [0.29, 0.717) is 0 Å². The van der Waals surface area contributed by atoms with Gasteiger partial charge in [-0.15, -0.1) is 0 Å². The number of hydrogen-bond acceptors (Lipinski definition) is 5. The Hall–Kier alpha value is 0.234. The summed E-state index contributed by atoms with van der Waals surface area (Å²) in [6.45, 7) is 3.99. The first-order valence-corrected chi connectivity index (χ1v) is 9.32. The van der Waals surface area contributed by atoms with Gasteiger partial charge in [-0.05, 0) is 25.6 Å². The monoisotopic (exact) mass is 238 g/mol. The molecule has 0 saturated heterocycles. The minimum Gasteiger partial charge on any atom is -0.417 e. The van der Waals surface area contributed by atoms with Crippen LogP contribution in [0.2, 0.25) is 19.1 Å². The fraction of sp³-hybridized carbons (Fsp3) is 1.00. The van der Waals surface area contributed by atoms with Crippen molar-refractivity contribution < 1.29 is 13.0 Å². The molecule has 86 valence electrons. The molecule has 14 heavy (non-hydrogen) atoms. The van der Waals surface area contributed by atoms with Crippen LogP contribution < -0.4 is 11.5 Å². The van der Waals surface area contributed by atoms with E-state index in [-0.39, 0.29) is 6.17 Å². The lowest BCUT2D eigenvalue weighted by Crippen LogP contribution is -2.44. The summed E-state index contributed by atoms with van der Waals surface area (Å²) in [5.41, 5.74) is 11.0. The molecule has 0 heterocycles. The summed E-state index contributed by atoms with van der Waals surface area (Å²) in [4.78, 5) is 0. The van der Waals surface area contributed by atoms with Gasteiger partial charge in [-0.1, -0.05) is 0 Å². The molecule has 0 aliphatic carbocycles. The predicted octanol–water partition coefficient (Wildman–Crippen LogP) is -0.148. The van der Waals surface area contributed by atoms with E-state index in [4.69, 9.17) is 24.4 Å². The van der Waals surface area contributed by atoms with Crippen molar-refractivity contribution in [2.45, 2.75) is 31.7 Å². The summed E-state index contributed by atoms with van der Waals surface area (Å²) >= 11 is 0. The first kappa shape index (κ1) is 14.2. The van der Waals surface area contributed by atoms with Gasteiger partial charge in [0.05, 0.1) is 6.17 Å². The molecule has 5 nitrogen and oxygen atoms in total. The van der Waals surface area contributed by atoms with Crippen LogP contribution in [0.3, 0.4) is 0 Å². The topological polar surface area (TPSA) is 79.7 Å². The maximum Gasteiger partial charge on any atom is 0.325 e. The van der Waals surface area contributed by atoms with Crippen molar-refractivity contribution in [3.63, 3.8) is 0 Å². The van der Waals surface area contributed by atoms with Crippen molar-refractivity contribution in [3.05, 3.63) is 0 Å². The molecule has 0 aliphatic rings. The van der Waals surface area contributed by atoms with Crippen LogP contribution in [0.4, 0.5) is 0 Å². The fourth-order valence-electron chi connectivity index (χ4n) is 1.04. The highest BCUT2D eigenvalue weighted by molar-refractivity contribution is 6.72. The predicted molar refractivity (Wildman–Crippen MR) is 61.3 cm³/mol. The number of rotatable bonds is 7. The summed E-state index contributed by atoms with van der Waals surface area (Å²) in [6, 6.07) is 0.807. The van der Waals surface area contributed by atoms with Crippen molar-refractivity contribution >= 4 is 17.8 Å². The molecule has 0 aromatic heterocycles. The number of nitrogens with two attached hydrogens (primary N) is 2. The Balaban J connectivity index is 4.03. The lowest BCUT2D eigenvalue weighted by molar-refractivity contribution is 0.260. The number of hydrogen-bond donors (Lipinski definition) is 2. The standard InChI is InChI=1S/C7H22N2O3Si2/c1-10-13(3)12-14(4,11-2)6-5-7(8)9/h7,13H,5-6,8-9H2,1-4H3. The van der Waals surface area contributed by atoms with Crippen molar-refractivity contribution in [1.29, 1.82) is 0 Å². The summed E-state index contributed by atoms with van der Waals surface area (Å²) in [5.74, 6) is 0. The van der Waals surface area contributed by atoms with Gasteiger partial charge in [0.25, 0.3) is 0 Å². The van der Waals surface area contributed by atoms with E-state index in [9.17, 15) is 0 Å². The molecule has 0 aromatic rings. The fourth-order valence-corrected chi connectivity index (χ4v) is 6.15. The molecule has 7 heteroatoms. The second kappa shape index (κ2) is 6.67. The van der Waals surface area contributed by atoms with Crippen LogP contribution in [0.25, 0.3) is 0 Å². The molecular formula is C7H22N2O3Si2. The summed E-state index contributed by atoms with van der Waals surface area (Å²) in [6.07, 6.45) is 0.432. The molecule has 0 rings (SSSR count). The Morgan fingerprint density at radius 1 is 1.36 bits per heavy atom. The lowest BCUT2D eigenvalue weighted by atomic mass is 10.4. The van der Waals surface area contributed by atoms with Gasteiger partial charge < -0.3 is 24.4 Å². The zero-order chi connectivity index (χ0) is 11.2. The van der Waals surface area contributed by atoms with E-state index >= 15 is 0 Å². The Labute approximate surface area is 88.8 Å². The highest BCUT2D eigenvalue weighted by atomic mass is 28.4. The van der Waals surface area contributed by atoms with Crippen LogP contribution in [-0.2, 0) is 13.0 Å². The average molecular weight is 238 g/mol. The van der Waals surface area contributed by atoms with Gasteiger partial charge >= 0.3 is 17.8 Å². The quantitative estimate of drug-likeness (QED) is 0.476. The summed E-state index contributed by atoms with van der Waals surface area (Å²) in [7, 11) is -0.291. The molecule has 0 aliphatic heterocycles. The Kier molecular flexibility index (Phi) is 6.78. The lowest BCUT2D eigenvalue weighted by Gasteiger charge is -2.28. The summed E-state index contributed by atoms with van der Waals surface area (Å²) < 4.78 is 16.4. The second-order valence-corrected chi connectivity index (χ2v) is 9.19. The van der Waals surface area contributed by atoms with E-state index in [0.717, 1.165) is 12.5 Å². The summed E-state index contributed by atoms with van der Waals surface area (Å²) in [5, 5.41) is 0. The minimum atomic E-state index is -2.09. The van der Waals surface area contributed by atoms with Crippen molar-refractivity contribution in [1.82, 2.24) is 0 Å². The zero-order valence-corrected chi connectivity index (χ0v) is 11.6. The highest BCUT2D eigenvalue weighted by Gasteiger charge is 2.32. The third kappa shape index (κ3) is 5.86. The van der Waals surface area contributed by atoms with Crippen LogP contribution in [0.1, 0.15) is 6.42 Å². The third-order valence-corrected chi connectivity index (χ3v) is 8.16. The molecule has 2 unspecified atom stereocenters. The molecule has 0 radical (unpaired) electrons. The van der Waals surface area contributed by atoms with Gasteiger partial charge in [0.1, 0.15) is 0 Å². The van der Waals surface area contributed by atoms with Gasteiger partial charge in [0, 0.05) is 14.2 Å². The van der Waals surface area contributed by atoms with Crippen LogP contribution in [-0.4, -0.2) is 38.2 Å². The zero-order valence-electron chi connectivity index (χ0n) is 9.45. The first-order chi connectivity index (χ1) is 6.43. The largest absolute Gasteiger partial charge is 0.417 e. The molecule has 2 atom stereocenters. The molecule has 4 N–H and O–H groups in total. The van der Waals surface area contributed by atoms with Crippen molar-refractivity contribution in [2.75, 3.05) is 14.2 Å². The SMILES string of the molecule is CO[SiH](C)O[Si](C)(CCC(N)N)OC. The average Bonchev–Trinajstić information content (AvgIpc) is 2.14. The van der Waals surface area contributed by atoms with Gasteiger partial charge in [-0.2, -0.15) is 0 Å². The molecule has 0 amide bonds. The van der Waals surface area contributed by atoms with Crippen molar-refractivity contribution in [3.8, 4) is 0 Å². The van der Waals surface area contributed by atoms with Crippen LogP contribution in [0.15, 0.2) is 0 Å². The van der Waals surface area contributed by atoms with Crippen LogP contribution >= 0.6 is 0 Å².